The minimum absolute atomic E-state index is 0.297. The number of benzene rings is 1. The van der Waals surface area contributed by atoms with E-state index >= 15 is 0 Å². The number of rotatable bonds is 3. The van der Waals surface area contributed by atoms with Crippen LogP contribution in [0.1, 0.15) is 17.4 Å². The Bertz CT molecular complexity index is 797. The molecule has 2 aromatic heterocycles. The standard InChI is InChI=1S/C16H16ClN3S/c1-4-20(12-7-5-6-10(2)8-12)14-13-9-11(3)21-15(13)19-16(17)18-14/h5-9H,4H2,1-3H3. The molecule has 0 unspecified atom stereocenters. The summed E-state index contributed by atoms with van der Waals surface area (Å²) < 4.78 is 0. The molecule has 2 heterocycles. The first kappa shape index (κ1) is 14.3. The second-order valence-corrected chi connectivity index (χ2v) is 6.55. The molecule has 3 rings (SSSR count). The summed E-state index contributed by atoms with van der Waals surface area (Å²) in [5.41, 5.74) is 2.35. The molecule has 0 aliphatic carbocycles. The van der Waals surface area contributed by atoms with Gasteiger partial charge in [-0.05, 0) is 56.1 Å². The fraction of sp³-hybridized carbons (Fsp3) is 0.250. The normalized spacial score (nSPS) is 11.0. The maximum Gasteiger partial charge on any atom is 0.225 e. The maximum atomic E-state index is 6.11. The van der Waals surface area contributed by atoms with E-state index in [-0.39, 0.29) is 0 Å². The van der Waals surface area contributed by atoms with E-state index in [0.29, 0.717) is 5.28 Å². The van der Waals surface area contributed by atoms with Gasteiger partial charge in [0.1, 0.15) is 10.6 Å². The fourth-order valence-corrected chi connectivity index (χ4v) is 3.55. The summed E-state index contributed by atoms with van der Waals surface area (Å²) in [5, 5.41) is 1.36. The van der Waals surface area contributed by atoms with E-state index in [2.05, 4.69) is 66.0 Å². The second kappa shape index (κ2) is 5.62. The number of thiophene rings is 1. The van der Waals surface area contributed by atoms with Crippen LogP contribution in [0.3, 0.4) is 0 Å². The van der Waals surface area contributed by atoms with Gasteiger partial charge in [-0.1, -0.05) is 12.1 Å². The number of halogens is 1. The van der Waals surface area contributed by atoms with E-state index in [1.165, 1.54) is 10.4 Å². The Kier molecular flexibility index (Phi) is 3.83. The van der Waals surface area contributed by atoms with Crippen LogP contribution >= 0.6 is 22.9 Å². The Labute approximate surface area is 133 Å². The Morgan fingerprint density at radius 1 is 1.19 bits per heavy atom. The van der Waals surface area contributed by atoms with Gasteiger partial charge in [0.2, 0.25) is 5.28 Å². The molecule has 0 aliphatic rings. The Morgan fingerprint density at radius 2 is 2.00 bits per heavy atom. The molecular formula is C16H16ClN3S. The summed E-state index contributed by atoms with van der Waals surface area (Å²) >= 11 is 7.76. The summed E-state index contributed by atoms with van der Waals surface area (Å²) in [6.45, 7) is 7.10. The topological polar surface area (TPSA) is 29.0 Å². The van der Waals surface area contributed by atoms with Crippen molar-refractivity contribution in [2.75, 3.05) is 11.4 Å². The molecule has 3 aromatic rings. The number of nitrogens with zero attached hydrogens (tertiary/aromatic N) is 3. The van der Waals surface area contributed by atoms with E-state index in [1.807, 2.05) is 0 Å². The van der Waals surface area contributed by atoms with Gasteiger partial charge in [-0.25, -0.2) is 4.98 Å². The van der Waals surface area contributed by atoms with E-state index in [0.717, 1.165) is 28.3 Å². The van der Waals surface area contributed by atoms with Crippen molar-refractivity contribution in [3.63, 3.8) is 0 Å². The number of aromatic nitrogens is 2. The third-order valence-electron chi connectivity index (χ3n) is 3.35. The highest BCUT2D eigenvalue weighted by Gasteiger charge is 2.16. The van der Waals surface area contributed by atoms with Crippen molar-refractivity contribution < 1.29 is 0 Å². The van der Waals surface area contributed by atoms with Gasteiger partial charge in [-0.3, -0.25) is 0 Å². The van der Waals surface area contributed by atoms with Crippen molar-refractivity contribution in [1.82, 2.24) is 9.97 Å². The minimum atomic E-state index is 0.297. The molecule has 0 fully saturated rings. The lowest BCUT2D eigenvalue weighted by molar-refractivity contribution is 0.990. The fourth-order valence-electron chi connectivity index (χ4n) is 2.46. The van der Waals surface area contributed by atoms with Gasteiger partial charge in [-0.2, -0.15) is 4.98 Å². The molecule has 0 bridgehead atoms. The van der Waals surface area contributed by atoms with Gasteiger partial charge < -0.3 is 4.90 Å². The molecule has 0 radical (unpaired) electrons. The highest BCUT2D eigenvalue weighted by molar-refractivity contribution is 7.18. The third kappa shape index (κ3) is 2.74. The van der Waals surface area contributed by atoms with Gasteiger partial charge >= 0.3 is 0 Å². The van der Waals surface area contributed by atoms with Crippen LogP contribution in [0.25, 0.3) is 10.2 Å². The van der Waals surface area contributed by atoms with Crippen molar-refractivity contribution in [3.8, 4) is 0 Å². The minimum Gasteiger partial charge on any atom is -0.326 e. The first-order valence-corrected chi connectivity index (χ1v) is 8.06. The van der Waals surface area contributed by atoms with Crippen LogP contribution in [-0.2, 0) is 0 Å². The molecule has 21 heavy (non-hydrogen) atoms. The molecule has 0 amide bonds. The lowest BCUT2D eigenvalue weighted by atomic mass is 10.2. The smallest absolute Gasteiger partial charge is 0.225 e. The molecule has 0 atom stereocenters. The Balaban J connectivity index is 2.21. The number of hydrogen-bond donors (Lipinski definition) is 0. The van der Waals surface area contributed by atoms with Crippen LogP contribution in [0.4, 0.5) is 11.5 Å². The monoisotopic (exact) mass is 317 g/mol. The highest BCUT2D eigenvalue weighted by atomic mass is 35.5. The molecule has 5 heteroatoms. The van der Waals surface area contributed by atoms with Crippen molar-refractivity contribution in [3.05, 3.63) is 46.1 Å². The SMILES string of the molecule is CCN(c1cccc(C)c1)c1nc(Cl)nc2sc(C)cc12. The molecule has 0 aliphatic heterocycles. The number of aryl methyl sites for hydroxylation is 2. The van der Waals surface area contributed by atoms with Gasteiger partial charge in [0.15, 0.2) is 0 Å². The highest BCUT2D eigenvalue weighted by Crippen LogP contribution is 2.35. The van der Waals surface area contributed by atoms with Crippen molar-refractivity contribution in [1.29, 1.82) is 0 Å². The van der Waals surface area contributed by atoms with Crippen LogP contribution in [0, 0.1) is 13.8 Å². The molecular weight excluding hydrogens is 302 g/mol. The van der Waals surface area contributed by atoms with E-state index in [9.17, 15) is 0 Å². The predicted molar refractivity (Wildman–Crippen MR) is 91.0 cm³/mol. The van der Waals surface area contributed by atoms with Gasteiger partial charge in [0.05, 0.1) is 5.39 Å². The zero-order valence-corrected chi connectivity index (χ0v) is 13.8. The third-order valence-corrected chi connectivity index (χ3v) is 4.47. The van der Waals surface area contributed by atoms with Crippen molar-refractivity contribution in [2.45, 2.75) is 20.8 Å². The molecule has 0 N–H and O–H groups in total. The van der Waals surface area contributed by atoms with Gasteiger partial charge in [0.25, 0.3) is 0 Å². The zero-order chi connectivity index (χ0) is 15.0. The summed E-state index contributed by atoms with van der Waals surface area (Å²) in [6.07, 6.45) is 0. The van der Waals surface area contributed by atoms with Crippen LogP contribution in [0.15, 0.2) is 30.3 Å². The maximum absolute atomic E-state index is 6.11. The van der Waals surface area contributed by atoms with Crippen molar-refractivity contribution in [2.24, 2.45) is 0 Å². The molecule has 0 saturated heterocycles. The molecule has 0 saturated carbocycles. The molecule has 0 spiro atoms. The largest absolute Gasteiger partial charge is 0.326 e. The summed E-state index contributed by atoms with van der Waals surface area (Å²) in [6, 6.07) is 10.5. The lowest BCUT2D eigenvalue weighted by Crippen LogP contribution is -2.18. The van der Waals surface area contributed by atoms with Crippen LogP contribution < -0.4 is 4.90 Å². The van der Waals surface area contributed by atoms with Gasteiger partial charge in [-0.15, -0.1) is 11.3 Å². The lowest BCUT2D eigenvalue weighted by Gasteiger charge is -2.23. The predicted octanol–water partition coefficient (Wildman–Crippen LogP) is 5.12. The number of anilines is 2. The van der Waals surface area contributed by atoms with Crippen molar-refractivity contribution >= 4 is 44.7 Å². The second-order valence-electron chi connectivity index (χ2n) is 4.98. The number of fused-ring (bicyclic) bond motifs is 1. The van der Waals surface area contributed by atoms with Crippen LogP contribution in [0.5, 0.6) is 0 Å². The first-order valence-electron chi connectivity index (χ1n) is 6.86. The van der Waals surface area contributed by atoms with E-state index < -0.39 is 0 Å². The summed E-state index contributed by atoms with van der Waals surface area (Å²) in [4.78, 5) is 13.1. The quantitative estimate of drug-likeness (QED) is 0.628. The molecule has 3 nitrogen and oxygen atoms in total. The van der Waals surface area contributed by atoms with Gasteiger partial charge in [0, 0.05) is 17.1 Å². The van der Waals surface area contributed by atoms with E-state index in [1.54, 1.807) is 11.3 Å². The zero-order valence-electron chi connectivity index (χ0n) is 12.2. The number of hydrogen-bond acceptors (Lipinski definition) is 4. The van der Waals surface area contributed by atoms with Crippen LogP contribution in [-0.4, -0.2) is 16.5 Å². The first-order chi connectivity index (χ1) is 10.1. The molecule has 108 valence electrons. The van der Waals surface area contributed by atoms with E-state index in [4.69, 9.17) is 11.6 Å². The summed E-state index contributed by atoms with van der Waals surface area (Å²) in [7, 11) is 0. The van der Waals surface area contributed by atoms with Crippen LogP contribution in [0.2, 0.25) is 5.28 Å². The molecule has 1 aromatic carbocycles. The average Bonchev–Trinajstić information content (AvgIpc) is 2.80. The Morgan fingerprint density at radius 3 is 2.71 bits per heavy atom. The average molecular weight is 318 g/mol. The Hall–Kier alpha value is -1.65. The summed E-state index contributed by atoms with van der Waals surface area (Å²) in [5.74, 6) is 0.877.